The van der Waals surface area contributed by atoms with Crippen LogP contribution in [0.15, 0.2) is 67.1 Å². The fraction of sp³-hybridized carbons (Fsp3) is 0.276. The van der Waals surface area contributed by atoms with E-state index in [-0.39, 0.29) is 5.41 Å². The number of hydrogen-bond donors (Lipinski definition) is 0. The molecule has 0 fully saturated rings. The molecule has 0 saturated heterocycles. The van der Waals surface area contributed by atoms with Gasteiger partial charge in [-0.05, 0) is 64.4 Å². The number of pyridine rings is 1. The molecular formula is C29H29N3S. The van der Waals surface area contributed by atoms with Crippen LogP contribution in [0.25, 0.3) is 43.5 Å². The molecule has 0 spiro atoms. The minimum atomic E-state index is 0.0327. The molecule has 5 rings (SSSR count). The Balaban J connectivity index is 1.58. The number of thiophene rings is 1. The van der Waals surface area contributed by atoms with E-state index in [4.69, 9.17) is 4.98 Å². The van der Waals surface area contributed by atoms with Gasteiger partial charge in [-0.3, -0.25) is 4.98 Å². The number of benzene rings is 2. The van der Waals surface area contributed by atoms with Gasteiger partial charge in [0, 0.05) is 26.7 Å². The van der Waals surface area contributed by atoms with Crippen molar-refractivity contribution in [3.05, 3.63) is 77.6 Å². The van der Waals surface area contributed by atoms with Gasteiger partial charge in [-0.15, -0.1) is 11.3 Å². The van der Waals surface area contributed by atoms with Crippen molar-refractivity contribution in [2.24, 2.45) is 5.92 Å². The van der Waals surface area contributed by atoms with E-state index < -0.39 is 0 Å². The molecule has 5 aromatic rings. The van der Waals surface area contributed by atoms with Crippen LogP contribution in [0.3, 0.4) is 0 Å². The normalized spacial score (nSPS) is 12.2. The Kier molecular flexibility index (Phi) is 5.49. The zero-order valence-electron chi connectivity index (χ0n) is 19.9. The molecule has 3 nitrogen and oxygen atoms in total. The number of rotatable bonds is 4. The Morgan fingerprint density at radius 3 is 2.36 bits per heavy atom. The van der Waals surface area contributed by atoms with Crippen molar-refractivity contribution in [1.82, 2.24) is 15.0 Å². The topological polar surface area (TPSA) is 38.7 Å². The predicted molar refractivity (Wildman–Crippen MR) is 141 cm³/mol. The van der Waals surface area contributed by atoms with Gasteiger partial charge in [0.25, 0.3) is 0 Å². The van der Waals surface area contributed by atoms with Gasteiger partial charge in [0.15, 0.2) is 0 Å². The van der Waals surface area contributed by atoms with Crippen molar-refractivity contribution in [3.63, 3.8) is 0 Å². The molecule has 0 radical (unpaired) electrons. The molecule has 0 aliphatic rings. The highest BCUT2D eigenvalue weighted by molar-refractivity contribution is 7.19. The molecule has 0 atom stereocenters. The van der Waals surface area contributed by atoms with Crippen LogP contribution < -0.4 is 0 Å². The molecule has 0 aliphatic heterocycles. The summed E-state index contributed by atoms with van der Waals surface area (Å²) >= 11 is 1.86. The maximum atomic E-state index is 4.73. The molecule has 0 saturated carbocycles. The molecule has 2 aromatic carbocycles. The van der Waals surface area contributed by atoms with Gasteiger partial charge in [0.05, 0.1) is 17.1 Å². The van der Waals surface area contributed by atoms with Crippen LogP contribution in [-0.4, -0.2) is 15.0 Å². The first-order valence-corrected chi connectivity index (χ1v) is 12.3. The van der Waals surface area contributed by atoms with Crippen LogP contribution in [0.5, 0.6) is 0 Å². The summed E-state index contributed by atoms with van der Waals surface area (Å²) in [6.45, 7) is 11.3. The average Bonchev–Trinajstić information content (AvgIpc) is 3.18. The van der Waals surface area contributed by atoms with Gasteiger partial charge in [-0.2, -0.15) is 0 Å². The van der Waals surface area contributed by atoms with Crippen LogP contribution in [0, 0.1) is 5.92 Å². The summed E-state index contributed by atoms with van der Waals surface area (Å²) in [6, 6.07) is 19.6. The Hall–Kier alpha value is -3.11. The third-order valence-corrected chi connectivity index (χ3v) is 7.08. The Labute approximate surface area is 199 Å². The third-order valence-electron chi connectivity index (χ3n) is 5.96. The summed E-state index contributed by atoms with van der Waals surface area (Å²) in [4.78, 5) is 15.3. The Bertz CT molecular complexity index is 1460. The highest BCUT2D eigenvalue weighted by Gasteiger charge is 2.19. The lowest BCUT2D eigenvalue weighted by Crippen LogP contribution is -2.12. The molecule has 0 aliphatic carbocycles. The summed E-state index contributed by atoms with van der Waals surface area (Å²) in [5.74, 6) is 0.648. The average molecular weight is 452 g/mol. The van der Waals surface area contributed by atoms with E-state index in [0.717, 1.165) is 29.1 Å². The smallest absolute Gasteiger partial charge is 0.116 e. The van der Waals surface area contributed by atoms with Crippen LogP contribution in [-0.2, 0) is 11.8 Å². The van der Waals surface area contributed by atoms with Crippen molar-refractivity contribution in [2.75, 3.05) is 0 Å². The third kappa shape index (κ3) is 4.40. The van der Waals surface area contributed by atoms with Crippen LogP contribution >= 0.6 is 11.3 Å². The largest absolute Gasteiger partial charge is 0.254 e. The van der Waals surface area contributed by atoms with E-state index in [1.807, 2.05) is 17.5 Å². The zero-order valence-corrected chi connectivity index (χ0v) is 20.7. The number of hydrogen-bond acceptors (Lipinski definition) is 4. The van der Waals surface area contributed by atoms with Gasteiger partial charge < -0.3 is 0 Å². The molecule has 3 heterocycles. The SMILES string of the molecule is CC(C)Cc1cc2cnc(-c3cc(-c4cc(C(C)(C)C)c5ccccc5c4)ncn3)cc2s1. The van der Waals surface area contributed by atoms with Crippen molar-refractivity contribution in [2.45, 2.75) is 46.5 Å². The van der Waals surface area contributed by atoms with E-state index >= 15 is 0 Å². The van der Waals surface area contributed by atoms with Crippen molar-refractivity contribution < 1.29 is 0 Å². The van der Waals surface area contributed by atoms with Gasteiger partial charge >= 0.3 is 0 Å². The van der Waals surface area contributed by atoms with E-state index in [1.165, 1.54) is 31.3 Å². The number of fused-ring (bicyclic) bond motifs is 2. The first-order chi connectivity index (χ1) is 15.8. The van der Waals surface area contributed by atoms with E-state index in [0.29, 0.717) is 5.92 Å². The fourth-order valence-electron chi connectivity index (χ4n) is 4.37. The molecule has 166 valence electrons. The Morgan fingerprint density at radius 1 is 0.818 bits per heavy atom. The van der Waals surface area contributed by atoms with Crippen LogP contribution in [0.4, 0.5) is 0 Å². The lowest BCUT2D eigenvalue weighted by Gasteiger charge is -2.22. The molecule has 0 amide bonds. The summed E-state index contributed by atoms with van der Waals surface area (Å²) in [5.41, 5.74) is 5.13. The van der Waals surface area contributed by atoms with Gasteiger partial charge in [-0.25, -0.2) is 9.97 Å². The molecule has 0 bridgehead atoms. The highest BCUT2D eigenvalue weighted by Crippen LogP contribution is 2.35. The number of nitrogens with zero attached hydrogens (tertiary/aromatic N) is 3. The minimum absolute atomic E-state index is 0.0327. The first-order valence-electron chi connectivity index (χ1n) is 11.5. The summed E-state index contributed by atoms with van der Waals surface area (Å²) in [7, 11) is 0. The molecular weight excluding hydrogens is 422 g/mol. The van der Waals surface area contributed by atoms with Crippen molar-refractivity contribution >= 4 is 32.2 Å². The standard InChI is InChI=1S/C29H29N3S/c1-18(2)10-22-12-21-16-30-27(15-28(21)33-22)26-14-25(31-17-32-26)20-11-19-8-6-7-9-23(19)24(13-20)29(3,4)5/h6-9,11-18H,10H2,1-5H3. The molecule has 0 unspecified atom stereocenters. The first kappa shape index (κ1) is 21.7. The van der Waals surface area contributed by atoms with E-state index in [1.54, 1.807) is 6.33 Å². The van der Waals surface area contributed by atoms with Crippen molar-refractivity contribution in [3.8, 4) is 22.6 Å². The van der Waals surface area contributed by atoms with Gasteiger partial charge in [0.2, 0.25) is 0 Å². The quantitative estimate of drug-likeness (QED) is 0.277. The van der Waals surface area contributed by atoms with Crippen LogP contribution in [0.1, 0.15) is 45.1 Å². The molecule has 4 heteroatoms. The van der Waals surface area contributed by atoms with Gasteiger partial charge in [-0.1, -0.05) is 58.9 Å². The van der Waals surface area contributed by atoms with Crippen LogP contribution in [0.2, 0.25) is 0 Å². The second kappa shape index (κ2) is 8.35. The van der Waals surface area contributed by atoms with E-state index in [2.05, 4.69) is 99.2 Å². The molecule has 0 N–H and O–H groups in total. The minimum Gasteiger partial charge on any atom is -0.254 e. The second-order valence-corrected chi connectivity index (χ2v) is 11.4. The monoisotopic (exact) mass is 451 g/mol. The maximum absolute atomic E-state index is 4.73. The summed E-state index contributed by atoms with van der Waals surface area (Å²) in [5, 5.41) is 3.74. The fourth-order valence-corrected chi connectivity index (χ4v) is 5.65. The number of aromatic nitrogens is 3. The Morgan fingerprint density at radius 2 is 1.58 bits per heavy atom. The summed E-state index contributed by atoms with van der Waals surface area (Å²) in [6.07, 6.45) is 4.73. The molecule has 3 aromatic heterocycles. The van der Waals surface area contributed by atoms with Crippen molar-refractivity contribution in [1.29, 1.82) is 0 Å². The zero-order chi connectivity index (χ0) is 23.2. The highest BCUT2D eigenvalue weighted by atomic mass is 32.1. The lowest BCUT2D eigenvalue weighted by molar-refractivity contribution is 0.596. The maximum Gasteiger partial charge on any atom is 0.116 e. The summed E-state index contributed by atoms with van der Waals surface area (Å²) < 4.78 is 1.26. The molecule has 33 heavy (non-hydrogen) atoms. The predicted octanol–water partition coefficient (Wildman–Crippen LogP) is 8.07. The lowest BCUT2D eigenvalue weighted by atomic mass is 9.82. The van der Waals surface area contributed by atoms with Gasteiger partial charge in [0.1, 0.15) is 6.33 Å². The second-order valence-electron chi connectivity index (χ2n) is 10.2. The van der Waals surface area contributed by atoms with E-state index in [9.17, 15) is 0 Å².